The Labute approximate surface area is 109 Å². The molecule has 1 aliphatic rings. The topological polar surface area (TPSA) is 64.9 Å². The minimum absolute atomic E-state index is 0.0990. The van der Waals surface area contributed by atoms with Gasteiger partial charge in [0.15, 0.2) is 5.82 Å². The summed E-state index contributed by atoms with van der Waals surface area (Å²) in [6.07, 6.45) is 6.64. The minimum atomic E-state index is 0.0990. The number of hydrogen-bond acceptors (Lipinski definition) is 4. The molecule has 2 rings (SSSR count). The predicted octanol–water partition coefficient (Wildman–Crippen LogP) is 3.03. The molecule has 1 saturated carbocycles. The number of nitrogens with zero attached hydrogens (tertiary/aromatic N) is 2. The van der Waals surface area contributed by atoms with Crippen molar-refractivity contribution in [1.82, 2.24) is 10.1 Å². The molecule has 4 heteroatoms. The van der Waals surface area contributed by atoms with Crippen molar-refractivity contribution in [1.29, 1.82) is 0 Å². The van der Waals surface area contributed by atoms with E-state index in [0.29, 0.717) is 18.2 Å². The van der Waals surface area contributed by atoms with Gasteiger partial charge in [0, 0.05) is 18.4 Å². The standard InChI is InChI=1S/C14H25N3O/c1-14(2,3)9-11(15)8-12-16-13(17-18-12)10-6-4-5-7-10/h10-11H,4-9,15H2,1-3H3. The van der Waals surface area contributed by atoms with Gasteiger partial charge >= 0.3 is 0 Å². The number of rotatable bonds is 4. The largest absolute Gasteiger partial charge is 0.339 e. The second kappa shape index (κ2) is 5.39. The molecule has 1 fully saturated rings. The molecule has 4 nitrogen and oxygen atoms in total. The monoisotopic (exact) mass is 251 g/mol. The summed E-state index contributed by atoms with van der Waals surface area (Å²) in [5.41, 5.74) is 6.37. The van der Waals surface area contributed by atoms with Crippen molar-refractivity contribution in [2.45, 2.75) is 71.3 Å². The summed E-state index contributed by atoms with van der Waals surface area (Å²) in [7, 11) is 0. The lowest BCUT2D eigenvalue weighted by Crippen LogP contribution is -2.28. The molecular weight excluding hydrogens is 226 g/mol. The third-order valence-corrected chi connectivity index (χ3v) is 3.52. The third kappa shape index (κ3) is 3.80. The minimum Gasteiger partial charge on any atom is -0.339 e. The van der Waals surface area contributed by atoms with Crippen LogP contribution in [0.5, 0.6) is 0 Å². The maximum absolute atomic E-state index is 6.13. The molecule has 1 aromatic heterocycles. The Morgan fingerprint density at radius 1 is 1.33 bits per heavy atom. The van der Waals surface area contributed by atoms with Crippen molar-refractivity contribution in [2.75, 3.05) is 0 Å². The fraction of sp³-hybridized carbons (Fsp3) is 0.857. The van der Waals surface area contributed by atoms with Crippen molar-refractivity contribution in [2.24, 2.45) is 11.1 Å². The van der Waals surface area contributed by atoms with Gasteiger partial charge in [0.25, 0.3) is 0 Å². The van der Waals surface area contributed by atoms with E-state index in [9.17, 15) is 0 Å². The molecule has 1 aliphatic carbocycles. The second-order valence-corrected chi connectivity index (χ2v) is 6.76. The molecule has 1 atom stereocenters. The average Bonchev–Trinajstić information content (AvgIpc) is 2.82. The molecule has 0 spiro atoms. The lowest BCUT2D eigenvalue weighted by Gasteiger charge is -2.21. The Bertz CT molecular complexity index is 375. The first-order chi connectivity index (χ1) is 8.44. The quantitative estimate of drug-likeness (QED) is 0.893. The van der Waals surface area contributed by atoms with Crippen LogP contribution < -0.4 is 5.73 Å². The van der Waals surface area contributed by atoms with Crippen LogP contribution in [0.1, 0.15) is 70.5 Å². The van der Waals surface area contributed by atoms with Gasteiger partial charge < -0.3 is 10.3 Å². The van der Waals surface area contributed by atoms with Crippen LogP contribution in [0.2, 0.25) is 0 Å². The molecule has 0 aromatic carbocycles. The summed E-state index contributed by atoms with van der Waals surface area (Å²) in [5.74, 6) is 2.11. The molecule has 1 unspecified atom stereocenters. The fourth-order valence-corrected chi connectivity index (χ4v) is 2.78. The summed E-state index contributed by atoms with van der Waals surface area (Å²) < 4.78 is 5.32. The van der Waals surface area contributed by atoms with Crippen LogP contribution in [0, 0.1) is 5.41 Å². The molecule has 1 aromatic rings. The van der Waals surface area contributed by atoms with Crippen molar-refractivity contribution < 1.29 is 4.52 Å². The van der Waals surface area contributed by atoms with Crippen molar-refractivity contribution >= 4 is 0 Å². The summed E-state index contributed by atoms with van der Waals surface area (Å²) in [6.45, 7) is 6.60. The molecule has 0 radical (unpaired) electrons. The van der Waals surface area contributed by atoms with E-state index in [2.05, 4.69) is 30.9 Å². The molecule has 102 valence electrons. The van der Waals surface area contributed by atoms with Crippen molar-refractivity contribution in [3.63, 3.8) is 0 Å². The van der Waals surface area contributed by atoms with E-state index < -0.39 is 0 Å². The average molecular weight is 251 g/mol. The zero-order valence-corrected chi connectivity index (χ0v) is 11.8. The van der Waals surface area contributed by atoms with Gasteiger partial charge in [0.1, 0.15) is 0 Å². The highest BCUT2D eigenvalue weighted by Crippen LogP contribution is 2.32. The van der Waals surface area contributed by atoms with Gasteiger partial charge in [-0.05, 0) is 24.7 Å². The van der Waals surface area contributed by atoms with E-state index in [1.165, 1.54) is 25.7 Å². The first-order valence-electron chi connectivity index (χ1n) is 7.02. The van der Waals surface area contributed by atoms with Gasteiger partial charge in [-0.2, -0.15) is 4.98 Å². The van der Waals surface area contributed by atoms with Crippen LogP contribution in [0.15, 0.2) is 4.52 Å². The van der Waals surface area contributed by atoms with Gasteiger partial charge in [-0.3, -0.25) is 0 Å². The normalized spacial score (nSPS) is 19.3. The number of nitrogens with two attached hydrogens (primary N) is 1. The highest BCUT2D eigenvalue weighted by molar-refractivity contribution is 4.98. The van der Waals surface area contributed by atoms with Crippen LogP contribution >= 0.6 is 0 Å². The summed E-state index contributed by atoms with van der Waals surface area (Å²) >= 11 is 0. The maximum atomic E-state index is 6.13. The Morgan fingerprint density at radius 3 is 2.61 bits per heavy atom. The summed E-state index contributed by atoms with van der Waals surface area (Å²) in [6, 6.07) is 0.0990. The van der Waals surface area contributed by atoms with Gasteiger partial charge in [0.2, 0.25) is 5.89 Å². The van der Waals surface area contributed by atoms with Crippen LogP contribution in [-0.4, -0.2) is 16.2 Å². The molecule has 0 amide bonds. The number of hydrogen-bond donors (Lipinski definition) is 1. The predicted molar refractivity (Wildman–Crippen MR) is 71.3 cm³/mol. The molecule has 18 heavy (non-hydrogen) atoms. The highest BCUT2D eigenvalue weighted by atomic mass is 16.5. The van der Waals surface area contributed by atoms with Crippen LogP contribution in [-0.2, 0) is 6.42 Å². The van der Waals surface area contributed by atoms with Gasteiger partial charge in [-0.25, -0.2) is 0 Å². The lowest BCUT2D eigenvalue weighted by molar-refractivity contribution is 0.312. The SMILES string of the molecule is CC(C)(C)CC(N)Cc1nc(C2CCCC2)no1. The van der Waals surface area contributed by atoms with E-state index >= 15 is 0 Å². The smallest absolute Gasteiger partial charge is 0.228 e. The van der Waals surface area contributed by atoms with Crippen LogP contribution in [0.3, 0.4) is 0 Å². The van der Waals surface area contributed by atoms with Crippen LogP contribution in [0.4, 0.5) is 0 Å². The number of aromatic nitrogens is 2. The Balaban J connectivity index is 1.90. The molecule has 0 saturated heterocycles. The van der Waals surface area contributed by atoms with E-state index in [-0.39, 0.29) is 11.5 Å². The highest BCUT2D eigenvalue weighted by Gasteiger charge is 2.23. The summed E-state index contributed by atoms with van der Waals surface area (Å²) in [4.78, 5) is 4.50. The Kier molecular flexibility index (Phi) is 4.05. The third-order valence-electron chi connectivity index (χ3n) is 3.52. The molecular formula is C14H25N3O. The zero-order chi connectivity index (χ0) is 13.2. The zero-order valence-electron chi connectivity index (χ0n) is 11.8. The van der Waals surface area contributed by atoms with Crippen LogP contribution in [0.25, 0.3) is 0 Å². The van der Waals surface area contributed by atoms with E-state index in [0.717, 1.165) is 12.2 Å². The first kappa shape index (κ1) is 13.5. The van der Waals surface area contributed by atoms with Crippen molar-refractivity contribution in [3.05, 3.63) is 11.7 Å². The second-order valence-electron chi connectivity index (χ2n) is 6.76. The maximum Gasteiger partial charge on any atom is 0.228 e. The molecule has 2 N–H and O–H groups in total. The van der Waals surface area contributed by atoms with E-state index in [1.807, 2.05) is 0 Å². The molecule has 0 aliphatic heterocycles. The van der Waals surface area contributed by atoms with E-state index in [4.69, 9.17) is 10.3 Å². The lowest BCUT2D eigenvalue weighted by atomic mass is 9.87. The van der Waals surface area contributed by atoms with Gasteiger partial charge in [0.05, 0.1) is 0 Å². The van der Waals surface area contributed by atoms with Gasteiger partial charge in [-0.15, -0.1) is 0 Å². The fourth-order valence-electron chi connectivity index (χ4n) is 2.78. The Hall–Kier alpha value is -0.900. The summed E-state index contributed by atoms with van der Waals surface area (Å²) in [5, 5.41) is 4.11. The van der Waals surface area contributed by atoms with E-state index in [1.54, 1.807) is 0 Å². The van der Waals surface area contributed by atoms with Crippen molar-refractivity contribution in [3.8, 4) is 0 Å². The molecule has 1 heterocycles. The molecule has 0 bridgehead atoms. The van der Waals surface area contributed by atoms with Gasteiger partial charge in [-0.1, -0.05) is 38.8 Å². The Morgan fingerprint density at radius 2 is 2.00 bits per heavy atom. The first-order valence-corrected chi connectivity index (χ1v) is 7.02.